The normalized spacial score (nSPS) is 11.9. The summed E-state index contributed by atoms with van der Waals surface area (Å²) in [7, 11) is 1.85. The molecular weight excluding hydrogens is 210 g/mol. The van der Waals surface area contributed by atoms with Crippen molar-refractivity contribution in [2.75, 3.05) is 17.7 Å². The van der Waals surface area contributed by atoms with Crippen molar-refractivity contribution >= 4 is 23.0 Å². The fourth-order valence-electron chi connectivity index (χ4n) is 1.44. The lowest BCUT2D eigenvalue weighted by Gasteiger charge is -2.25. The molecule has 1 aromatic carbocycles. The minimum Gasteiger partial charge on any atom is -0.397 e. The van der Waals surface area contributed by atoms with Gasteiger partial charge in [0.2, 0.25) is 0 Å². The third kappa shape index (κ3) is 2.54. The Kier molecular flexibility index (Phi) is 3.81. The molecule has 1 unspecified atom stereocenters. The zero-order valence-electron chi connectivity index (χ0n) is 8.87. The van der Waals surface area contributed by atoms with Gasteiger partial charge in [0, 0.05) is 12.1 Å². The second-order valence-electron chi connectivity index (χ2n) is 3.37. The van der Waals surface area contributed by atoms with E-state index >= 15 is 0 Å². The predicted molar refractivity (Wildman–Crippen MR) is 64.0 cm³/mol. The van der Waals surface area contributed by atoms with E-state index in [0.717, 1.165) is 12.1 Å². The van der Waals surface area contributed by atoms with E-state index < -0.39 is 0 Å². The monoisotopic (exact) mass is 223 g/mol. The van der Waals surface area contributed by atoms with Gasteiger partial charge in [-0.3, -0.25) is 0 Å². The lowest BCUT2D eigenvalue weighted by Crippen LogP contribution is -2.30. The van der Waals surface area contributed by atoms with Crippen LogP contribution in [0.1, 0.15) is 13.3 Å². The lowest BCUT2D eigenvalue weighted by atomic mass is 10.2. The van der Waals surface area contributed by atoms with Gasteiger partial charge in [0.1, 0.15) is 6.04 Å². The van der Waals surface area contributed by atoms with Crippen LogP contribution in [0.3, 0.4) is 0 Å². The summed E-state index contributed by atoms with van der Waals surface area (Å²) in [5.41, 5.74) is 7.26. The molecule has 15 heavy (non-hydrogen) atoms. The molecule has 0 spiro atoms. The summed E-state index contributed by atoms with van der Waals surface area (Å²) in [6, 6.07) is 7.31. The van der Waals surface area contributed by atoms with E-state index in [4.69, 9.17) is 22.6 Å². The van der Waals surface area contributed by atoms with Crippen molar-refractivity contribution in [1.82, 2.24) is 0 Å². The quantitative estimate of drug-likeness (QED) is 0.802. The van der Waals surface area contributed by atoms with E-state index in [1.807, 2.05) is 18.9 Å². The van der Waals surface area contributed by atoms with Crippen LogP contribution >= 0.6 is 11.6 Å². The van der Waals surface area contributed by atoms with Crippen molar-refractivity contribution in [2.24, 2.45) is 0 Å². The van der Waals surface area contributed by atoms with Crippen LogP contribution in [0.25, 0.3) is 0 Å². The Morgan fingerprint density at radius 3 is 2.80 bits per heavy atom. The molecular formula is C11H14ClN3. The van der Waals surface area contributed by atoms with Crippen LogP contribution in [0, 0.1) is 11.3 Å². The summed E-state index contributed by atoms with van der Waals surface area (Å²) in [6.45, 7) is 1.96. The van der Waals surface area contributed by atoms with Crippen molar-refractivity contribution < 1.29 is 0 Å². The molecule has 0 aromatic heterocycles. The predicted octanol–water partition coefficient (Wildman–Crippen LogP) is 2.66. The van der Waals surface area contributed by atoms with Crippen LogP contribution < -0.4 is 10.6 Å². The first-order valence-corrected chi connectivity index (χ1v) is 5.15. The molecule has 0 bridgehead atoms. The number of nitrogen functional groups attached to an aromatic ring is 1. The van der Waals surface area contributed by atoms with Gasteiger partial charge in [-0.15, -0.1) is 0 Å². The molecule has 80 valence electrons. The van der Waals surface area contributed by atoms with E-state index in [1.54, 1.807) is 18.2 Å². The van der Waals surface area contributed by atoms with Crippen LogP contribution in [0.4, 0.5) is 11.4 Å². The second-order valence-corrected chi connectivity index (χ2v) is 3.80. The summed E-state index contributed by atoms with van der Waals surface area (Å²) < 4.78 is 0. The Morgan fingerprint density at radius 1 is 1.60 bits per heavy atom. The Hall–Kier alpha value is -1.40. The van der Waals surface area contributed by atoms with Crippen LogP contribution in [-0.2, 0) is 0 Å². The highest BCUT2D eigenvalue weighted by Crippen LogP contribution is 2.27. The summed E-state index contributed by atoms with van der Waals surface area (Å²) >= 11 is 5.89. The molecule has 1 aromatic rings. The van der Waals surface area contributed by atoms with Gasteiger partial charge in [-0.2, -0.15) is 5.26 Å². The van der Waals surface area contributed by atoms with E-state index in [1.165, 1.54) is 0 Å². The minimum atomic E-state index is -0.175. The van der Waals surface area contributed by atoms with Gasteiger partial charge >= 0.3 is 0 Å². The first kappa shape index (κ1) is 11.7. The van der Waals surface area contributed by atoms with E-state index in [9.17, 15) is 0 Å². The van der Waals surface area contributed by atoms with Gasteiger partial charge in [-0.05, 0) is 24.6 Å². The number of hydrogen-bond acceptors (Lipinski definition) is 3. The smallest absolute Gasteiger partial charge is 0.116 e. The number of hydrogen-bond donors (Lipinski definition) is 1. The Morgan fingerprint density at radius 2 is 2.27 bits per heavy atom. The first-order valence-electron chi connectivity index (χ1n) is 4.77. The fraction of sp³-hybridized carbons (Fsp3) is 0.364. The standard InChI is InChI=1S/C11H14ClN3/c1-3-9(7-13)15(2)11-6-8(12)4-5-10(11)14/h4-6,9H,3,14H2,1-2H3. The lowest BCUT2D eigenvalue weighted by molar-refractivity contribution is 0.735. The van der Waals surface area contributed by atoms with Gasteiger partial charge in [-0.1, -0.05) is 18.5 Å². The second kappa shape index (κ2) is 4.90. The third-order valence-electron chi connectivity index (χ3n) is 2.38. The molecule has 0 aliphatic carbocycles. The molecule has 2 N–H and O–H groups in total. The van der Waals surface area contributed by atoms with E-state index in [2.05, 4.69) is 6.07 Å². The average Bonchev–Trinajstić information content (AvgIpc) is 2.23. The van der Waals surface area contributed by atoms with Gasteiger partial charge in [0.25, 0.3) is 0 Å². The van der Waals surface area contributed by atoms with E-state index in [0.29, 0.717) is 10.7 Å². The largest absolute Gasteiger partial charge is 0.397 e. The maximum atomic E-state index is 8.95. The molecule has 0 saturated heterocycles. The van der Waals surface area contributed by atoms with Crippen molar-refractivity contribution in [1.29, 1.82) is 5.26 Å². The highest BCUT2D eigenvalue weighted by Gasteiger charge is 2.14. The number of nitrogens with two attached hydrogens (primary N) is 1. The molecule has 1 rings (SSSR count). The van der Waals surface area contributed by atoms with Crippen LogP contribution in [0.15, 0.2) is 18.2 Å². The number of anilines is 2. The highest BCUT2D eigenvalue weighted by atomic mass is 35.5. The van der Waals surface area contributed by atoms with Gasteiger partial charge in [-0.25, -0.2) is 0 Å². The number of rotatable bonds is 3. The van der Waals surface area contributed by atoms with Crippen LogP contribution in [-0.4, -0.2) is 13.1 Å². The zero-order chi connectivity index (χ0) is 11.4. The third-order valence-corrected chi connectivity index (χ3v) is 2.61. The fourth-order valence-corrected chi connectivity index (χ4v) is 1.61. The SMILES string of the molecule is CCC(C#N)N(C)c1cc(Cl)ccc1N. The van der Waals surface area contributed by atoms with Gasteiger partial charge < -0.3 is 10.6 Å². The molecule has 1 atom stereocenters. The Bertz CT molecular complexity index is 384. The molecule has 0 fully saturated rings. The number of halogens is 1. The molecule has 0 radical (unpaired) electrons. The molecule has 4 heteroatoms. The molecule has 0 saturated carbocycles. The summed E-state index contributed by atoms with van der Waals surface area (Å²) in [4.78, 5) is 1.85. The first-order chi connectivity index (χ1) is 7.10. The molecule has 0 aliphatic heterocycles. The number of nitrogens with zero attached hydrogens (tertiary/aromatic N) is 2. The summed E-state index contributed by atoms with van der Waals surface area (Å²) in [5.74, 6) is 0. The summed E-state index contributed by atoms with van der Waals surface area (Å²) in [5, 5.41) is 9.58. The van der Waals surface area contributed by atoms with Gasteiger partial charge in [0.15, 0.2) is 0 Å². The Balaban J connectivity index is 3.05. The highest BCUT2D eigenvalue weighted by molar-refractivity contribution is 6.31. The average molecular weight is 224 g/mol. The van der Waals surface area contributed by atoms with E-state index in [-0.39, 0.29) is 6.04 Å². The van der Waals surface area contributed by atoms with Crippen LogP contribution in [0.2, 0.25) is 5.02 Å². The molecule has 3 nitrogen and oxygen atoms in total. The summed E-state index contributed by atoms with van der Waals surface area (Å²) in [6.07, 6.45) is 0.749. The van der Waals surface area contributed by atoms with Crippen molar-refractivity contribution in [3.63, 3.8) is 0 Å². The molecule has 0 amide bonds. The number of benzene rings is 1. The maximum absolute atomic E-state index is 8.95. The maximum Gasteiger partial charge on any atom is 0.116 e. The van der Waals surface area contributed by atoms with Crippen molar-refractivity contribution in [2.45, 2.75) is 19.4 Å². The Labute approximate surface area is 95.1 Å². The van der Waals surface area contributed by atoms with Crippen LogP contribution in [0.5, 0.6) is 0 Å². The molecule has 0 heterocycles. The number of nitriles is 1. The molecule has 0 aliphatic rings. The van der Waals surface area contributed by atoms with Crippen molar-refractivity contribution in [3.8, 4) is 6.07 Å². The van der Waals surface area contributed by atoms with Crippen molar-refractivity contribution in [3.05, 3.63) is 23.2 Å². The topological polar surface area (TPSA) is 53.0 Å². The minimum absolute atomic E-state index is 0.175. The zero-order valence-corrected chi connectivity index (χ0v) is 9.62. The van der Waals surface area contributed by atoms with Gasteiger partial charge in [0.05, 0.1) is 17.4 Å².